The van der Waals surface area contributed by atoms with E-state index in [0.717, 1.165) is 23.9 Å². The number of rotatable bonds is 9. The van der Waals surface area contributed by atoms with Crippen molar-refractivity contribution in [2.45, 2.75) is 59.2 Å². The van der Waals surface area contributed by atoms with E-state index in [-0.39, 0.29) is 24.3 Å². The van der Waals surface area contributed by atoms with Gasteiger partial charge in [-0.2, -0.15) is 0 Å². The number of hydrogen-bond donors (Lipinski definition) is 3. The molecule has 0 aliphatic rings. The average molecular weight is 420 g/mol. The van der Waals surface area contributed by atoms with Crippen molar-refractivity contribution >= 4 is 5.91 Å². The van der Waals surface area contributed by atoms with Crippen molar-refractivity contribution in [1.82, 2.24) is 15.6 Å². The Morgan fingerprint density at radius 2 is 1.77 bits per heavy atom. The molecule has 7 heteroatoms. The molecule has 1 aromatic heterocycles. The Hall–Kier alpha value is -2.38. The van der Waals surface area contributed by atoms with Crippen molar-refractivity contribution in [3.8, 4) is 0 Å². The Kier molecular flexibility index (Phi) is 8.43. The molecular formula is C23H31F2N3O2. The Balaban J connectivity index is 1.96. The molecule has 0 fully saturated rings. The summed E-state index contributed by atoms with van der Waals surface area (Å²) in [7, 11) is 0. The molecule has 0 radical (unpaired) electrons. The number of nitrogens with zero attached hydrogens (tertiary/aromatic N) is 1. The lowest BCUT2D eigenvalue weighted by Gasteiger charge is -2.24. The second-order valence-electron chi connectivity index (χ2n) is 8.84. The first kappa shape index (κ1) is 23.9. The van der Waals surface area contributed by atoms with Gasteiger partial charge in [0.05, 0.1) is 17.8 Å². The number of carbonyl (C=O) groups is 1. The molecule has 0 spiro atoms. The molecule has 1 heterocycles. The molecule has 0 aliphatic heterocycles. The average Bonchev–Trinajstić information content (AvgIpc) is 2.58. The summed E-state index contributed by atoms with van der Waals surface area (Å²) in [6.07, 6.45) is 0.0206. The number of carbonyl (C=O) groups excluding carboxylic acids is 1. The highest BCUT2D eigenvalue weighted by atomic mass is 19.1. The highest BCUT2D eigenvalue weighted by Gasteiger charge is 2.21. The van der Waals surface area contributed by atoms with E-state index in [0.29, 0.717) is 12.1 Å². The molecule has 5 nitrogen and oxygen atoms in total. The predicted molar refractivity (Wildman–Crippen MR) is 113 cm³/mol. The Morgan fingerprint density at radius 3 is 2.37 bits per heavy atom. The number of benzene rings is 1. The van der Waals surface area contributed by atoms with Crippen LogP contribution in [0.4, 0.5) is 8.78 Å². The minimum Gasteiger partial charge on any atom is -0.390 e. The summed E-state index contributed by atoms with van der Waals surface area (Å²) in [5.41, 5.74) is 2.36. The number of halogens is 2. The second kappa shape index (κ2) is 10.6. The van der Waals surface area contributed by atoms with Gasteiger partial charge < -0.3 is 15.7 Å². The van der Waals surface area contributed by atoms with Crippen molar-refractivity contribution in [3.05, 3.63) is 65.0 Å². The number of hydrogen-bond acceptors (Lipinski definition) is 4. The zero-order valence-electron chi connectivity index (χ0n) is 18.0. The zero-order chi connectivity index (χ0) is 22.3. The Labute approximate surface area is 176 Å². The normalized spacial score (nSPS) is 13.7. The van der Waals surface area contributed by atoms with Crippen LogP contribution in [-0.4, -0.2) is 34.7 Å². The topological polar surface area (TPSA) is 74.2 Å². The van der Waals surface area contributed by atoms with Gasteiger partial charge in [0.2, 0.25) is 5.91 Å². The molecule has 0 saturated carbocycles. The highest BCUT2D eigenvalue weighted by Crippen LogP contribution is 2.19. The van der Waals surface area contributed by atoms with Crippen LogP contribution in [-0.2, 0) is 24.2 Å². The number of nitrogens with one attached hydrogen (secondary N) is 2. The molecule has 2 rings (SSSR count). The number of amides is 1. The van der Waals surface area contributed by atoms with Crippen molar-refractivity contribution in [2.75, 3.05) is 6.54 Å². The van der Waals surface area contributed by atoms with E-state index in [2.05, 4.69) is 36.4 Å². The number of aromatic nitrogens is 1. The van der Waals surface area contributed by atoms with E-state index in [1.807, 2.05) is 18.2 Å². The molecular weight excluding hydrogens is 388 g/mol. The van der Waals surface area contributed by atoms with Gasteiger partial charge in [0.1, 0.15) is 11.6 Å². The van der Waals surface area contributed by atoms with Crippen LogP contribution in [0, 0.1) is 17.0 Å². The van der Waals surface area contributed by atoms with Crippen molar-refractivity contribution in [1.29, 1.82) is 0 Å². The van der Waals surface area contributed by atoms with Crippen molar-refractivity contribution < 1.29 is 18.7 Å². The lowest BCUT2D eigenvalue weighted by atomic mass is 9.90. The summed E-state index contributed by atoms with van der Waals surface area (Å²) in [6, 6.07) is 8.36. The summed E-state index contributed by atoms with van der Waals surface area (Å²) < 4.78 is 26.9. The molecule has 0 aliphatic carbocycles. The maximum atomic E-state index is 13.5. The molecule has 2 aromatic rings. The molecule has 0 saturated heterocycles. The van der Waals surface area contributed by atoms with Gasteiger partial charge in [-0.15, -0.1) is 0 Å². The maximum Gasteiger partial charge on any atom is 0.217 e. The summed E-state index contributed by atoms with van der Waals surface area (Å²) in [5, 5.41) is 16.4. The van der Waals surface area contributed by atoms with E-state index in [1.165, 1.54) is 19.1 Å². The summed E-state index contributed by atoms with van der Waals surface area (Å²) in [6.45, 7) is 8.45. The monoisotopic (exact) mass is 419 g/mol. The Morgan fingerprint density at radius 1 is 1.13 bits per heavy atom. The second-order valence-corrected chi connectivity index (χ2v) is 8.84. The third kappa shape index (κ3) is 8.55. The Bertz CT molecular complexity index is 832. The summed E-state index contributed by atoms with van der Waals surface area (Å²) in [4.78, 5) is 16.2. The molecule has 1 aromatic carbocycles. The quantitative estimate of drug-likeness (QED) is 0.584. The van der Waals surface area contributed by atoms with E-state index in [1.54, 1.807) is 0 Å². The zero-order valence-corrected chi connectivity index (χ0v) is 18.0. The number of pyridine rings is 1. The van der Waals surface area contributed by atoms with Gasteiger partial charge in [-0.25, -0.2) is 8.78 Å². The van der Waals surface area contributed by atoms with E-state index in [9.17, 15) is 18.7 Å². The van der Waals surface area contributed by atoms with E-state index < -0.39 is 23.8 Å². The minimum atomic E-state index is -0.946. The number of aliphatic hydroxyl groups excluding tert-OH is 1. The van der Waals surface area contributed by atoms with E-state index in [4.69, 9.17) is 0 Å². The third-order valence-corrected chi connectivity index (χ3v) is 4.47. The lowest BCUT2D eigenvalue weighted by molar-refractivity contribution is -0.120. The first-order chi connectivity index (χ1) is 14.0. The molecule has 30 heavy (non-hydrogen) atoms. The molecule has 164 valence electrons. The van der Waals surface area contributed by atoms with Crippen LogP contribution in [0.15, 0.2) is 36.4 Å². The van der Waals surface area contributed by atoms with Gasteiger partial charge >= 0.3 is 0 Å². The van der Waals surface area contributed by atoms with Crippen LogP contribution in [0.1, 0.15) is 44.6 Å². The van der Waals surface area contributed by atoms with Crippen molar-refractivity contribution in [2.24, 2.45) is 5.41 Å². The van der Waals surface area contributed by atoms with Crippen LogP contribution < -0.4 is 10.6 Å². The maximum absolute atomic E-state index is 13.5. The first-order valence-electron chi connectivity index (χ1n) is 10.1. The first-order valence-corrected chi connectivity index (χ1v) is 10.1. The molecule has 3 N–H and O–H groups in total. The van der Waals surface area contributed by atoms with Crippen LogP contribution in [0.2, 0.25) is 0 Å². The van der Waals surface area contributed by atoms with Gasteiger partial charge in [0.25, 0.3) is 0 Å². The lowest BCUT2D eigenvalue weighted by Crippen LogP contribution is -2.48. The van der Waals surface area contributed by atoms with Crippen LogP contribution >= 0.6 is 0 Å². The number of aliphatic hydroxyl groups is 1. The van der Waals surface area contributed by atoms with Crippen LogP contribution in [0.3, 0.4) is 0 Å². The van der Waals surface area contributed by atoms with Gasteiger partial charge in [-0.05, 0) is 48.1 Å². The van der Waals surface area contributed by atoms with Gasteiger partial charge in [-0.3, -0.25) is 9.78 Å². The fraction of sp³-hybridized carbons (Fsp3) is 0.478. The molecule has 2 atom stereocenters. The van der Waals surface area contributed by atoms with Crippen LogP contribution in [0.5, 0.6) is 0 Å². The van der Waals surface area contributed by atoms with E-state index >= 15 is 0 Å². The fourth-order valence-electron chi connectivity index (χ4n) is 3.29. The smallest absolute Gasteiger partial charge is 0.217 e. The third-order valence-electron chi connectivity index (χ3n) is 4.47. The van der Waals surface area contributed by atoms with Gasteiger partial charge in [0.15, 0.2) is 0 Å². The molecule has 1 amide bonds. The SMILES string of the molecule is CC(=O)NC(Cc1cc(F)cc(F)c1)[C@H](O)CNCc1cccc(CC(C)(C)C)n1. The molecule has 1 unspecified atom stereocenters. The highest BCUT2D eigenvalue weighted by molar-refractivity contribution is 5.73. The molecule has 0 bridgehead atoms. The standard InChI is InChI=1S/C23H31F2N3O2/c1-15(29)27-21(10-16-8-17(24)11-18(25)9-16)22(30)14-26-13-20-7-5-6-19(28-20)12-23(2,3)4/h5-9,11,21-22,26,30H,10,12-14H2,1-4H3,(H,27,29)/t21?,22-/m1/s1. The largest absolute Gasteiger partial charge is 0.390 e. The van der Waals surface area contributed by atoms with Gasteiger partial charge in [0, 0.05) is 31.8 Å². The predicted octanol–water partition coefficient (Wildman–Crippen LogP) is 3.15. The fourth-order valence-corrected chi connectivity index (χ4v) is 3.29. The summed E-state index contributed by atoms with van der Waals surface area (Å²) >= 11 is 0. The van der Waals surface area contributed by atoms with Crippen LogP contribution in [0.25, 0.3) is 0 Å². The van der Waals surface area contributed by atoms with Crippen molar-refractivity contribution in [3.63, 3.8) is 0 Å². The summed E-state index contributed by atoms with van der Waals surface area (Å²) in [5.74, 6) is -1.71. The van der Waals surface area contributed by atoms with Gasteiger partial charge in [-0.1, -0.05) is 26.8 Å². The minimum absolute atomic E-state index is 0.108.